The Balaban J connectivity index is 1.39. The Morgan fingerprint density at radius 2 is 1.80 bits per heavy atom. The molecule has 0 aliphatic carbocycles. The summed E-state index contributed by atoms with van der Waals surface area (Å²) in [6.07, 6.45) is 8.03. The molecule has 4 aromatic rings. The van der Waals surface area contributed by atoms with Crippen molar-refractivity contribution in [1.82, 2.24) is 24.8 Å². The maximum Gasteiger partial charge on any atom is 0.247 e. The van der Waals surface area contributed by atoms with E-state index < -0.39 is 0 Å². The van der Waals surface area contributed by atoms with E-state index in [2.05, 4.69) is 61.1 Å². The zero-order valence-electron chi connectivity index (χ0n) is 19.5. The first-order valence-corrected chi connectivity index (χ1v) is 11.4. The Kier molecular flexibility index (Phi) is 6.32. The molecule has 4 heterocycles. The molecule has 1 amide bonds. The lowest BCUT2D eigenvalue weighted by molar-refractivity contribution is -0.111. The van der Waals surface area contributed by atoms with Gasteiger partial charge in [0.05, 0.1) is 11.2 Å². The van der Waals surface area contributed by atoms with Gasteiger partial charge >= 0.3 is 0 Å². The number of anilines is 4. The quantitative estimate of drug-likeness (QED) is 0.415. The number of rotatable bonds is 6. The van der Waals surface area contributed by atoms with E-state index in [0.717, 1.165) is 42.8 Å². The normalized spacial score (nSPS) is 14.0. The molecule has 3 aromatic heterocycles. The van der Waals surface area contributed by atoms with Gasteiger partial charge in [-0.1, -0.05) is 6.58 Å². The van der Waals surface area contributed by atoms with Gasteiger partial charge in [0.1, 0.15) is 0 Å². The third kappa shape index (κ3) is 5.10. The maximum absolute atomic E-state index is 11.7. The number of nitrogens with one attached hydrogen (secondary N) is 2. The number of likely N-dealkylation sites (N-methyl/N-ethyl adjacent to an activating group) is 1. The van der Waals surface area contributed by atoms with Crippen molar-refractivity contribution in [3.63, 3.8) is 0 Å². The minimum atomic E-state index is -0.286. The van der Waals surface area contributed by atoms with Crippen LogP contribution in [0, 0.1) is 0 Å². The van der Waals surface area contributed by atoms with Crippen molar-refractivity contribution in [2.75, 3.05) is 48.8 Å². The van der Waals surface area contributed by atoms with Gasteiger partial charge in [0.25, 0.3) is 0 Å². The van der Waals surface area contributed by atoms with Gasteiger partial charge in [0.2, 0.25) is 11.9 Å². The molecule has 9 nitrogen and oxygen atoms in total. The van der Waals surface area contributed by atoms with Crippen LogP contribution in [-0.4, -0.2) is 64.0 Å². The van der Waals surface area contributed by atoms with E-state index in [9.17, 15) is 4.79 Å². The fourth-order valence-electron chi connectivity index (χ4n) is 4.00. The molecular weight excluding hydrogens is 440 g/mol. The highest BCUT2D eigenvalue weighted by molar-refractivity contribution is 5.99. The summed E-state index contributed by atoms with van der Waals surface area (Å²) in [4.78, 5) is 34.4. The topological polar surface area (TPSA) is 99.2 Å². The smallest absolute Gasteiger partial charge is 0.247 e. The average Bonchev–Trinajstić information content (AvgIpc) is 2.89. The lowest BCUT2D eigenvalue weighted by Gasteiger charge is -2.34. The number of piperazine rings is 1. The van der Waals surface area contributed by atoms with Crippen LogP contribution in [0.4, 0.5) is 23.0 Å². The number of hydrogen-bond acceptors (Lipinski definition) is 8. The van der Waals surface area contributed by atoms with E-state index in [4.69, 9.17) is 4.98 Å². The molecule has 0 spiro atoms. The van der Waals surface area contributed by atoms with E-state index in [1.807, 2.05) is 12.1 Å². The SMILES string of the molecule is C=CC(=O)Nc1ccnc(-c2cncc3cnc(Nc4ccc(N5CCN(C)CC5)cc4)nc23)c1. The van der Waals surface area contributed by atoms with Gasteiger partial charge in [0, 0.05) is 79.0 Å². The van der Waals surface area contributed by atoms with Crippen molar-refractivity contribution >= 4 is 39.8 Å². The first-order valence-electron chi connectivity index (χ1n) is 11.4. The molecule has 1 aliphatic rings. The van der Waals surface area contributed by atoms with Crippen LogP contribution < -0.4 is 15.5 Å². The van der Waals surface area contributed by atoms with Gasteiger partial charge in [-0.15, -0.1) is 0 Å². The Morgan fingerprint density at radius 1 is 1.00 bits per heavy atom. The first-order chi connectivity index (χ1) is 17.1. The number of aromatic nitrogens is 4. The van der Waals surface area contributed by atoms with Crippen LogP contribution in [0.2, 0.25) is 0 Å². The van der Waals surface area contributed by atoms with Crippen LogP contribution in [0.15, 0.2) is 73.8 Å². The van der Waals surface area contributed by atoms with Gasteiger partial charge in [-0.05, 0) is 49.5 Å². The summed E-state index contributed by atoms with van der Waals surface area (Å²) in [6, 6.07) is 11.8. The Hall–Kier alpha value is -4.37. The second kappa shape index (κ2) is 9.86. The number of fused-ring (bicyclic) bond motifs is 1. The molecule has 0 radical (unpaired) electrons. The standard InChI is InChI=1S/C26H26N8O/c1-3-24(35)30-20-8-9-28-23(14-20)22-17-27-15-18-16-29-26(32-25(18)22)31-19-4-6-21(7-5-19)34-12-10-33(2)11-13-34/h3-9,14-17H,1,10-13H2,2H3,(H,28,30,35)(H,29,31,32). The van der Waals surface area contributed by atoms with E-state index in [-0.39, 0.29) is 5.91 Å². The maximum atomic E-state index is 11.7. The second-order valence-corrected chi connectivity index (χ2v) is 8.40. The summed E-state index contributed by atoms with van der Waals surface area (Å²) >= 11 is 0. The summed E-state index contributed by atoms with van der Waals surface area (Å²) < 4.78 is 0. The Morgan fingerprint density at radius 3 is 2.57 bits per heavy atom. The van der Waals surface area contributed by atoms with Crippen LogP contribution in [0.25, 0.3) is 22.2 Å². The fourth-order valence-corrected chi connectivity index (χ4v) is 4.00. The molecule has 0 unspecified atom stereocenters. The summed E-state index contributed by atoms with van der Waals surface area (Å²) in [6.45, 7) is 7.68. The highest BCUT2D eigenvalue weighted by atomic mass is 16.1. The molecule has 1 aromatic carbocycles. The molecule has 1 aliphatic heterocycles. The number of carbonyl (C=O) groups excluding carboxylic acids is 1. The van der Waals surface area contributed by atoms with Gasteiger partial charge in [0.15, 0.2) is 0 Å². The summed E-state index contributed by atoms with van der Waals surface area (Å²) in [5.41, 5.74) is 4.84. The second-order valence-electron chi connectivity index (χ2n) is 8.40. The Bertz CT molecular complexity index is 1360. The number of nitrogens with zero attached hydrogens (tertiary/aromatic N) is 6. The predicted molar refractivity (Wildman–Crippen MR) is 139 cm³/mol. The molecule has 176 valence electrons. The molecule has 2 N–H and O–H groups in total. The number of benzene rings is 1. The predicted octanol–water partition coefficient (Wildman–Crippen LogP) is 3.71. The highest BCUT2D eigenvalue weighted by Gasteiger charge is 2.14. The zero-order chi connectivity index (χ0) is 24.2. The van der Waals surface area contributed by atoms with E-state index >= 15 is 0 Å². The molecular formula is C26H26N8O. The van der Waals surface area contributed by atoms with Gasteiger partial charge in [-0.25, -0.2) is 9.97 Å². The minimum Gasteiger partial charge on any atom is -0.369 e. The summed E-state index contributed by atoms with van der Waals surface area (Å²) in [5, 5.41) is 6.85. The molecule has 1 fully saturated rings. The van der Waals surface area contributed by atoms with Crippen LogP contribution in [0.1, 0.15) is 0 Å². The number of amides is 1. The molecule has 0 atom stereocenters. The Labute approximate surface area is 203 Å². The molecule has 0 saturated carbocycles. The van der Waals surface area contributed by atoms with Crippen molar-refractivity contribution in [2.24, 2.45) is 0 Å². The van der Waals surface area contributed by atoms with E-state index in [1.165, 1.54) is 11.8 Å². The number of hydrogen-bond donors (Lipinski definition) is 2. The van der Waals surface area contributed by atoms with Crippen molar-refractivity contribution in [3.8, 4) is 11.3 Å². The molecule has 35 heavy (non-hydrogen) atoms. The highest BCUT2D eigenvalue weighted by Crippen LogP contribution is 2.28. The van der Waals surface area contributed by atoms with Crippen molar-refractivity contribution in [3.05, 3.63) is 73.8 Å². The lowest BCUT2D eigenvalue weighted by Crippen LogP contribution is -2.44. The fraction of sp³-hybridized carbons (Fsp3) is 0.192. The van der Waals surface area contributed by atoms with Crippen molar-refractivity contribution < 1.29 is 4.79 Å². The lowest BCUT2D eigenvalue weighted by atomic mass is 10.1. The molecule has 5 rings (SSSR count). The van der Waals surface area contributed by atoms with E-state index in [0.29, 0.717) is 22.8 Å². The van der Waals surface area contributed by atoms with Crippen LogP contribution in [-0.2, 0) is 4.79 Å². The summed E-state index contributed by atoms with van der Waals surface area (Å²) in [7, 11) is 2.16. The first kappa shape index (κ1) is 22.4. The van der Waals surface area contributed by atoms with Gasteiger partial charge < -0.3 is 20.4 Å². The third-order valence-electron chi connectivity index (χ3n) is 5.97. The van der Waals surface area contributed by atoms with Crippen LogP contribution in [0.5, 0.6) is 0 Å². The van der Waals surface area contributed by atoms with Gasteiger partial charge in [-0.3, -0.25) is 14.8 Å². The largest absolute Gasteiger partial charge is 0.369 e. The van der Waals surface area contributed by atoms with Crippen LogP contribution >= 0.6 is 0 Å². The zero-order valence-corrected chi connectivity index (χ0v) is 19.5. The third-order valence-corrected chi connectivity index (χ3v) is 5.97. The minimum absolute atomic E-state index is 0.286. The molecule has 1 saturated heterocycles. The van der Waals surface area contributed by atoms with Gasteiger partial charge in [-0.2, -0.15) is 0 Å². The molecule has 0 bridgehead atoms. The van der Waals surface area contributed by atoms with Crippen molar-refractivity contribution in [2.45, 2.75) is 0 Å². The average molecular weight is 467 g/mol. The van der Waals surface area contributed by atoms with E-state index in [1.54, 1.807) is 36.9 Å². The monoisotopic (exact) mass is 466 g/mol. The summed E-state index contributed by atoms with van der Waals surface area (Å²) in [5.74, 6) is 0.194. The number of carbonyl (C=O) groups is 1. The van der Waals surface area contributed by atoms with Crippen molar-refractivity contribution in [1.29, 1.82) is 0 Å². The van der Waals surface area contributed by atoms with Crippen LogP contribution in [0.3, 0.4) is 0 Å². The molecule has 9 heteroatoms. The number of pyridine rings is 2.